The van der Waals surface area contributed by atoms with Crippen molar-refractivity contribution in [3.8, 4) is 11.3 Å². The molecule has 0 aliphatic heterocycles. The van der Waals surface area contributed by atoms with E-state index in [4.69, 9.17) is 10.2 Å². The highest BCUT2D eigenvalue weighted by Crippen LogP contribution is 2.37. The molecule has 0 radical (unpaired) electrons. The Morgan fingerprint density at radius 3 is 2.44 bits per heavy atom. The normalized spacial score (nSPS) is 11.7. The van der Waals surface area contributed by atoms with Crippen molar-refractivity contribution in [3.05, 3.63) is 36.0 Å². The summed E-state index contributed by atoms with van der Waals surface area (Å²) in [6, 6.07) is 4.93. The van der Waals surface area contributed by atoms with Gasteiger partial charge >= 0.3 is 6.18 Å². The fourth-order valence-electron chi connectivity index (χ4n) is 1.36. The zero-order valence-corrected chi connectivity index (χ0v) is 7.95. The van der Waals surface area contributed by atoms with Gasteiger partial charge < -0.3 is 10.2 Å². The van der Waals surface area contributed by atoms with Gasteiger partial charge in [0.1, 0.15) is 0 Å². The van der Waals surface area contributed by atoms with Gasteiger partial charge in [0.05, 0.1) is 11.8 Å². The van der Waals surface area contributed by atoms with Crippen LogP contribution in [0, 0.1) is 0 Å². The summed E-state index contributed by atoms with van der Waals surface area (Å²) in [5.74, 6) is 0.00502. The molecule has 0 saturated carbocycles. The molecule has 0 bridgehead atoms. The van der Waals surface area contributed by atoms with Gasteiger partial charge in [0.15, 0.2) is 5.76 Å². The number of nitrogens with two attached hydrogens (primary N) is 1. The molecule has 2 N–H and O–H groups in total. The van der Waals surface area contributed by atoms with Gasteiger partial charge in [0.25, 0.3) is 6.01 Å². The molecule has 0 fully saturated rings. The summed E-state index contributed by atoms with van der Waals surface area (Å²) >= 11 is 0. The van der Waals surface area contributed by atoms with Crippen molar-refractivity contribution in [1.29, 1.82) is 0 Å². The van der Waals surface area contributed by atoms with Crippen LogP contribution in [0.1, 0.15) is 5.56 Å². The molecule has 0 aliphatic carbocycles. The van der Waals surface area contributed by atoms with E-state index in [-0.39, 0.29) is 17.3 Å². The minimum atomic E-state index is -4.43. The summed E-state index contributed by atoms with van der Waals surface area (Å²) in [6.45, 7) is 0. The molecule has 1 heterocycles. The van der Waals surface area contributed by atoms with E-state index >= 15 is 0 Å². The maximum atomic E-state index is 12.6. The van der Waals surface area contributed by atoms with E-state index in [1.165, 1.54) is 24.4 Å². The number of nitrogen functional groups attached to an aromatic ring is 1. The highest BCUT2D eigenvalue weighted by atomic mass is 19.4. The number of aromatic nitrogens is 1. The minimum absolute atomic E-state index is 0.00502. The van der Waals surface area contributed by atoms with Crippen LogP contribution in [0.25, 0.3) is 11.3 Å². The zero-order chi connectivity index (χ0) is 11.8. The fourth-order valence-corrected chi connectivity index (χ4v) is 1.36. The number of hydrogen-bond donors (Lipinski definition) is 1. The second-order valence-corrected chi connectivity index (χ2v) is 3.11. The van der Waals surface area contributed by atoms with E-state index in [9.17, 15) is 13.2 Å². The molecule has 2 aromatic rings. The quantitative estimate of drug-likeness (QED) is 0.816. The summed E-state index contributed by atoms with van der Waals surface area (Å²) in [4.78, 5) is 3.56. The first-order valence-corrected chi connectivity index (χ1v) is 4.36. The Hall–Kier alpha value is -1.98. The number of hydrogen-bond acceptors (Lipinski definition) is 3. The lowest BCUT2D eigenvalue weighted by molar-refractivity contribution is -0.137. The highest BCUT2D eigenvalue weighted by Gasteiger charge is 2.34. The fraction of sp³-hybridized carbons (Fsp3) is 0.100. The van der Waals surface area contributed by atoms with Crippen molar-refractivity contribution in [2.24, 2.45) is 0 Å². The zero-order valence-electron chi connectivity index (χ0n) is 7.95. The molecule has 6 heteroatoms. The van der Waals surface area contributed by atoms with E-state index < -0.39 is 11.7 Å². The molecule has 0 aliphatic rings. The maximum absolute atomic E-state index is 12.6. The van der Waals surface area contributed by atoms with Crippen LogP contribution in [0.3, 0.4) is 0 Å². The van der Waals surface area contributed by atoms with Gasteiger partial charge in [-0.25, -0.2) is 4.98 Å². The predicted octanol–water partition coefficient (Wildman–Crippen LogP) is 2.94. The van der Waals surface area contributed by atoms with E-state index in [1.807, 2.05) is 0 Å². The average molecular weight is 228 g/mol. The predicted molar refractivity (Wildman–Crippen MR) is 51.4 cm³/mol. The number of anilines is 1. The van der Waals surface area contributed by atoms with Crippen LogP contribution in [0.5, 0.6) is 0 Å². The summed E-state index contributed by atoms with van der Waals surface area (Å²) < 4.78 is 42.8. The topological polar surface area (TPSA) is 52.0 Å². The molecule has 2 rings (SSSR count). The van der Waals surface area contributed by atoms with E-state index in [2.05, 4.69) is 4.98 Å². The van der Waals surface area contributed by atoms with E-state index in [0.717, 1.165) is 6.07 Å². The Morgan fingerprint density at radius 2 is 1.88 bits per heavy atom. The number of halogens is 3. The molecule has 0 atom stereocenters. The molecule has 84 valence electrons. The standard InChI is InChI=1S/C10H7F3N2O/c11-10(12,13)7-4-2-1-3-6(7)8-5-15-9(14)16-8/h1-5H,(H2,14,15). The molecule has 0 unspecified atom stereocenters. The van der Waals surface area contributed by atoms with Crippen molar-refractivity contribution < 1.29 is 17.6 Å². The second kappa shape index (κ2) is 3.55. The van der Waals surface area contributed by atoms with Crippen molar-refractivity contribution in [3.63, 3.8) is 0 Å². The maximum Gasteiger partial charge on any atom is 0.417 e. The SMILES string of the molecule is Nc1ncc(-c2ccccc2C(F)(F)F)o1. The molecular formula is C10H7F3N2O. The molecule has 3 nitrogen and oxygen atoms in total. The summed E-state index contributed by atoms with van der Waals surface area (Å²) in [5.41, 5.74) is 4.37. The minimum Gasteiger partial charge on any atom is -0.424 e. The molecule has 1 aromatic carbocycles. The summed E-state index contributed by atoms with van der Waals surface area (Å²) in [7, 11) is 0. The van der Waals surface area contributed by atoms with E-state index in [0.29, 0.717) is 0 Å². The Bertz CT molecular complexity index is 505. The number of alkyl halides is 3. The first-order valence-electron chi connectivity index (χ1n) is 4.36. The van der Waals surface area contributed by atoms with Crippen LogP contribution in [0.4, 0.5) is 19.2 Å². The Kier molecular flexibility index (Phi) is 2.34. The van der Waals surface area contributed by atoms with Gasteiger partial charge in [0.2, 0.25) is 0 Å². The molecule has 0 amide bonds. The number of nitrogens with zero attached hydrogens (tertiary/aromatic N) is 1. The molecule has 16 heavy (non-hydrogen) atoms. The molecule has 0 spiro atoms. The second-order valence-electron chi connectivity index (χ2n) is 3.11. The Balaban J connectivity index is 2.57. The van der Waals surface area contributed by atoms with Gasteiger partial charge in [-0.3, -0.25) is 0 Å². The first-order chi connectivity index (χ1) is 7.48. The third-order valence-electron chi connectivity index (χ3n) is 2.02. The van der Waals surface area contributed by atoms with Crippen molar-refractivity contribution in [2.75, 3.05) is 5.73 Å². The summed E-state index contributed by atoms with van der Waals surface area (Å²) in [6.07, 6.45) is -3.27. The van der Waals surface area contributed by atoms with Crippen molar-refractivity contribution in [1.82, 2.24) is 4.98 Å². The average Bonchev–Trinajstić information content (AvgIpc) is 2.64. The first kappa shape index (κ1) is 10.5. The third-order valence-corrected chi connectivity index (χ3v) is 2.02. The van der Waals surface area contributed by atoms with Crippen LogP contribution in [0.15, 0.2) is 34.9 Å². The highest BCUT2D eigenvalue weighted by molar-refractivity contribution is 5.62. The van der Waals surface area contributed by atoms with Gasteiger partial charge in [-0.05, 0) is 6.07 Å². The van der Waals surface area contributed by atoms with Crippen molar-refractivity contribution >= 4 is 6.01 Å². The lowest BCUT2D eigenvalue weighted by Crippen LogP contribution is -2.06. The van der Waals surface area contributed by atoms with Crippen LogP contribution in [0.2, 0.25) is 0 Å². The van der Waals surface area contributed by atoms with Gasteiger partial charge in [-0.15, -0.1) is 0 Å². The smallest absolute Gasteiger partial charge is 0.417 e. The third kappa shape index (κ3) is 1.86. The largest absolute Gasteiger partial charge is 0.424 e. The monoisotopic (exact) mass is 228 g/mol. The van der Waals surface area contributed by atoms with Crippen LogP contribution in [-0.2, 0) is 6.18 Å². The molecular weight excluding hydrogens is 221 g/mol. The Morgan fingerprint density at radius 1 is 1.19 bits per heavy atom. The number of oxazole rings is 1. The number of benzene rings is 1. The lowest BCUT2D eigenvalue weighted by atomic mass is 10.1. The van der Waals surface area contributed by atoms with Crippen LogP contribution in [-0.4, -0.2) is 4.98 Å². The van der Waals surface area contributed by atoms with Crippen LogP contribution >= 0.6 is 0 Å². The van der Waals surface area contributed by atoms with E-state index in [1.54, 1.807) is 0 Å². The van der Waals surface area contributed by atoms with Crippen molar-refractivity contribution in [2.45, 2.75) is 6.18 Å². The number of rotatable bonds is 1. The molecule has 1 aromatic heterocycles. The van der Waals surface area contributed by atoms with Gasteiger partial charge in [-0.2, -0.15) is 13.2 Å². The lowest BCUT2D eigenvalue weighted by Gasteiger charge is -2.10. The molecule has 0 saturated heterocycles. The summed E-state index contributed by atoms with van der Waals surface area (Å²) in [5, 5.41) is 0. The van der Waals surface area contributed by atoms with Crippen LogP contribution < -0.4 is 5.73 Å². The Labute approximate surface area is 88.7 Å². The van der Waals surface area contributed by atoms with Gasteiger partial charge in [0, 0.05) is 5.56 Å². The van der Waals surface area contributed by atoms with Gasteiger partial charge in [-0.1, -0.05) is 18.2 Å².